The van der Waals surface area contributed by atoms with E-state index in [0.717, 1.165) is 28.1 Å². The van der Waals surface area contributed by atoms with E-state index in [1.165, 1.54) is 22.9 Å². The van der Waals surface area contributed by atoms with Gasteiger partial charge >= 0.3 is 0 Å². The average Bonchev–Trinajstić information content (AvgIpc) is 3.22. The van der Waals surface area contributed by atoms with Crippen molar-refractivity contribution in [3.63, 3.8) is 0 Å². The Morgan fingerprint density at radius 2 is 1.72 bits per heavy atom. The first-order valence-corrected chi connectivity index (χ1v) is 11.3. The Morgan fingerprint density at radius 1 is 0.938 bits per heavy atom. The van der Waals surface area contributed by atoms with Crippen molar-refractivity contribution in [3.05, 3.63) is 83.2 Å². The predicted molar refractivity (Wildman–Crippen MR) is 129 cm³/mol. The molecule has 162 valence electrons. The van der Waals surface area contributed by atoms with Gasteiger partial charge in [-0.2, -0.15) is 0 Å². The van der Waals surface area contributed by atoms with Gasteiger partial charge < -0.3 is 5.32 Å². The number of benzene rings is 2. The molecule has 7 heteroatoms. The number of nitrogens with zero attached hydrogens (tertiary/aromatic N) is 4. The number of carbonyl (C=O) groups is 1. The van der Waals surface area contributed by atoms with Crippen LogP contribution in [0.1, 0.15) is 22.3 Å². The van der Waals surface area contributed by atoms with E-state index in [1.807, 2.05) is 48.7 Å². The average molecular weight is 444 g/mol. The summed E-state index contributed by atoms with van der Waals surface area (Å²) in [4.78, 5) is 16.8. The number of aromatic nitrogens is 4. The Bertz CT molecular complexity index is 1270. The van der Waals surface area contributed by atoms with Gasteiger partial charge in [-0.05, 0) is 80.3 Å². The number of carbonyl (C=O) groups excluding carboxylic acids is 1. The summed E-state index contributed by atoms with van der Waals surface area (Å²) in [7, 11) is 0. The third-order valence-corrected chi connectivity index (χ3v) is 6.46. The molecule has 0 aliphatic rings. The van der Waals surface area contributed by atoms with E-state index in [2.05, 4.69) is 52.5 Å². The highest BCUT2D eigenvalue weighted by Gasteiger charge is 2.18. The normalized spacial score (nSPS) is 10.9. The van der Waals surface area contributed by atoms with E-state index in [9.17, 15) is 4.79 Å². The van der Waals surface area contributed by atoms with E-state index in [0.29, 0.717) is 11.0 Å². The number of amides is 1. The van der Waals surface area contributed by atoms with E-state index >= 15 is 0 Å². The van der Waals surface area contributed by atoms with E-state index in [1.54, 1.807) is 12.4 Å². The van der Waals surface area contributed by atoms with Crippen LogP contribution in [0.25, 0.3) is 17.1 Å². The fourth-order valence-corrected chi connectivity index (χ4v) is 4.10. The molecule has 2 aromatic heterocycles. The SMILES string of the molecule is Cc1ccc(-n2c(SCC(=O)Nc3cccc(C)c3C)nnc2-c2ccncc2)cc1C. The number of rotatable bonds is 6. The maximum Gasteiger partial charge on any atom is 0.234 e. The van der Waals surface area contributed by atoms with Crippen molar-refractivity contribution >= 4 is 23.4 Å². The molecule has 0 atom stereocenters. The fourth-order valence-electron chi connectivity index (χ4n) is 3.35. The zero-order chi connectivity index (χ0) is 22.7. The maximum atomic E-state index is 12.7. The summed E-state index contributed by atoms with van der Waals surface area (Å²) in [5.74, 6) is 0.865. The van der Waals surface area contributed by atoms with Gasteiger partial charge in [-0.3, -0.25) is 14.3 Å². The monoisotopic (exact) mass is 443 g/mol. The number of hydrogen-bond donors (Lipinski definition) is 1. The molecule has 6 nitrogen and oxygen atoms in total. The van der Waals surface area contributed by atoms with Crippen molar-refractivity contribution < 1.29 is 4.79 Å². The van der Waals surface area contributed by atoms with Crippen LogP contribution >= 0.6 is 11.8 Å². The van der Waals surface area contributed by atoms with Crippen LogP contribution in [0.5, 0.6) is 0 Å². The summed E-state index contributed by atoms with van der Waals surface area (Å²) in [5.41, 5.74) is 7.33. The fraction of sp³-hybridized carbons (Fsp3) is 0.200. The van der Waals surface area contributed by atoms with Gasteiger partial charge in [0.05, 0.1) is 11.4 Å². The lowest BCUT2D eigenvalue weighted by atomic mass is 10.1. The molecule has 4 rings (SSSR count). The number of thioether (sulfide) groups is 1. The van der Waals surface area contributed by atoms with Gasteiger partial charge in [-0.15, -0.1) is 10.2 Å². The lowest BCUT2D eigenvalue weighted by molar-refractivity contribution is -0.113. The van der Waals surface area contributed by atoms with Gasteiger partial charge in [-0.25, -0.2) is 0 Å². The second-order valence-corrected chi connectivity index (χ2v) is 8.67. The number of hydrogen-bond acceptors (Lipinski definition) is 5. The molecule has 0 saturated heterocycles. The third-order valence-electron chi connectivity index (χ3n) is 5.53. The first-order valence-electron chi connectivity index (χ1n) is 10.4. The maximum absolute atomic E-state index is 12.7. The molecule has 0 aliphatic heterocycles. The molecule has 1 N–H and O–H groups in total. The summed E-state index contributed by atoms with van der Waals surface area (Å²) in [6, 6.07) is 16.0. The van der Waals surface area contributed by atoms with Crippen LogP contribution in [0.4, 0.5) is 5.69 Å². The molecular weight excluding hydrogens is 418 g/mol. The van der Waals surface area contributed by atoms with Gasteiger partial charge in [0.2, 0.25) is 5.91 Å². The van der Waals surface area contributed by atoms with Gasteiger partial charge in [0, 0.05) is 23.6 Å². The highest BCUT2D eigenvalue weighted by molar-refractivity contribution is 7.99. The smallest absolute Gasteiger partial charge is 0.234 e. The molecule has 32 heavy (non-hydrogen) atoms. The molecule has 0 radical (unpaired) electrons. The molecule has 0 unspecified atom stereocenters. The Kier molecular flexibility index (Phi) is 6.37. The lowest BCUT2D eigenvalue weighted by Crippen LogP contribution is -2.15. The van der Waals surface area contributed by atoms with Crippen LogP contribution in [0.3, 0.4) is 0 Å². The second-order valence-electron chi connectivity index (χ2n) is 7.73. The van der Waals surface area contributed by atoms with Crippen LogP contribution in [0.15, 0.2) is 66.1 Å². The number of anilines is 1. The topological polar surface area (TPSA) is 72.7 Å². The zero-order valence-corrected chi connectivity index (χ0v) is 19.4. The van der Waals surface area contributed by atoms with Crippen molar-refractivity contribution in [2.75, 3.05) is 11.1 Å². The quantitative estimate of drug-likeness (QED) is 0.410. The van der Waals surface area contributed by atoms with Crippen LogP contribution in [-0.4, -0.2) is 31.4 Å². The highest BCUT2D eigenvalue weighted by atomic mass is 32.2. The third kappa shape index (κ3) is 4.57. The van der Waals surface area contributed by atoms with Gasteiger partial charge in [-0.1, -0.05) is 30.0 Å². The number of nitrogens with one attached hydrogen (secondary N) is 1. The van der Waals surface area contributed by atoms with Crippen molar-refractivity contribution in [2.24, 2.45) is 0 Å². The first kappa shape index (κ1) is 21.8. The number of pyridine rings is 1. The Hall–Kier alpha value is -3.45. The molecule has 0 spiro atoms. The molecule has 4 aromatic rings. The molecule has 1 amide bonds. The van der Waals surface area contributed by atoms with Crippen molar-refractivity contribution in [1.82, 2.24) is 19.7 Å². The summed E-state index contributed by atoms with van der Waals surface area (Å²) in [5, 5.41) is 12.5. The molecule has 0 aliphatic carbocycles. The van der Waals surface area contributed by atoms with Crippen LogP contribution in [-0.2, 0) is 4.79 Å². The predicted octanol–water partition coefficient (Wildman–Crippen LogP) is 5.29. The largest absolute Gasteiger partial charge is 0.325 e. The Labute approximate surface area is 192 Å². The van der Waals surface area contributed by atoms with Gasteiger partial charge in [0.15, 0.2) is 11.0 Å². The molecular formula is C25H25N5OS. The van der Waals surface area contributed by atoms with Gasteiger partial charge in [0.1, 0.15) is 0 Å². The minimum absolute atomic E-state index is 0.0798. The van der Waals surface area contributed by atoms with Gasteiger partial charge in [0.25, 0.3) is 0 Å². The minimum atomic E-state index is -0.0798. The first-order chi connectivity index (χ1) is 15.4. The zero-order valence-electron chi connectivity index (χ0n) is 18.6. The highest BCUT2D eigenvalue weighted by Crippen LogP contribution is 2.29. The van der Waals surface area contributed by atoms with Crippen molar-refractivity contribution in [3.8, 4) is 17.1 Å². The molecule has 0 saturated carbocycles. The number of aryl methyl sites for hydroxylation is 3. The van der Waals surface area contributed by atoms with E-state index < -0.39 is 0 Å². The Balaban J connectivity index is 1.62. The van der Waals surface area contributed by atoms with E-state index in [4.69, 9.17) is 0 Å². The summed E-state index contributed by atoms with van der Waals surface area (Å²) >= 11 is 1.37. The summed E-state index contributed by atoms with van der Waals surface area (Å²) < 4.78 is 2.00. The molecule has 2 heterocycles. The standard InChI is InChI=1S/C25H25N5OS/c1-16-8-9-21(14-18(16)3)30-24(20-10-12-26-13-11-20)28-29-25(30)32-15-23(31)27-22-7-5-6-17(2)19(22)4/h5-14H,15H2,1-4H3,(H,27,31). The molecule has 0 fully saturated rings. The molecule has 0 bridgehead atoms. The van der Waals surface area contributed by atoms with Crippen LogP contribution < -0.4 is 5.32 Å². The minimum Gasteiger partial charge on any atom is -0.325 e. The second kappa shape index (κ2) is 9.36. The van der Waals surface area contributed by atoms with Crippen molar-refractivity contribution in [1.29, 1.82) is 0 Å². The van der Waals surface area contributed by atoms with Crippen LogP contribution in [0.2, 0.25) is 0 Å². The Morgan fingerprint density at radius 3 is 2.47 bits per heavy atom. The van der Waals surface area contributed by atoms with Crippen molar-refractivity contribution in [2.45, 2.75) is 32.9 Å². The summed E-state index contributed by atoms with van der Waals surface area (Å²) in [6.45, 7) is 8.21. The lowest BCUT2D eigenvalue weighted by Gasteiger charge is -2.13. The molecule has 2 aromatic carbocycles. The van der Waals surface area contributed by atoms with E-state index in [-0.39, 0.29) is 11.7 Å². The van der Waals surface area contributed by atoms with Crippen LogP contribution in [0, 0.1) is 27.7 Å². The summed E-state index contributed by atoms with van der Waals surface area (Å²) in [6.07, 6.45) is 3.47.